The van der Waals surface area contributed by atoms with Gasteiger partial charge in [-0.25, -0.2) is 0 Å². The van der Waals surface area contributed by atoms with Crippen LogP contribution < -0.4 is 4.74 Å². The van der Waals surface area contributed by atoms with Gasteiger partial charge in [0.15, 0.2) is 0 Å². The molecular weight excluding hydrogens is 491 g/mol. The zero-order chi connectivity index (χ0) is 26.0. The largest absolute Gasteiger partial charge is 0.491 e. The number of benzene rings is 2. The smallest absolute Gasteiger partial charge is 0.417 e. The Labute approximate surface area is 210 Å². The molecule has 1 aliphatic rings. The van der Waals surface area contributed by atoms with Gasteiger partial charge in [-0.3, -0.25) is 14.5 Å². The number of imide groups is 1. The summed E-state index contributed by atoms with van der Waals surface area (Å²) in [6.07, 6.45) is -3.18. The van der Waals surface area contributed by atoms with Crippen molar-refractivity contribution in [1.82, 2.24) is 4.90 Å². The molecule has 0 bridgehead atoms. The lowest BCUT2D eigenvalue weighted by Crippen LogP contribution is -2.32. The second-order valence-corrected chi connectivity index (χ2v) is 9.62. The number of thioether (sulfide) groups is 1. The number of amides is 2. The molecule has 0 saturated carbocycles. The van der Waals surface area contributed by atoms with Crippen molar-refractivity contribution in [3.8, 4) is 17.1 Å². The Balaban J connectivity index is 1.46. The quantitative estimate of drug-likeness (QED) is 0.305. The number of ether oxygens (including phenoxy) is 1. The third kappa shape index (κ3) is 5.51. The average Bonchev–Trinajstić information content (AvgIpc) is 3.38. The van der Waals surface area contributed by atoms with Crippen molar-refractivity contribution in [2.24, 2.45) is 0 Å². The highest BCUT2D eigenvalue weighted by Crippen LogP contribution is 2.38. The van der Waals surface area contributed by atoms with E-state index in [0.717, 1.165) is 39.6 Å². The highest BCUT2D eigenvalue weighted by atomic mass is 32.2. The monoisotopic (exact) mass is 515 g/mol. The van der Waals surface area contributed by atoms with Crippen LogP contribution in [0.1, 0.15) is 42.2 Å². The third-order valence-corrected chi connectivity index (χ3v) is 6.54. The molecule has 0 atom stereocenters. The van der Waals surface area contributed by atoms with E-state index in [1.165, 1.54) is 36.4 Å². The van der Waals surface area contributed by atoms with E-state index in [2.05, 4.69) is 13.8 Å². The molecule has 0 unspecified atom stereocenters. The van der Waals surface area contributed by atoms with Gasteiger partial charge in [-0.2, -0.15) is 13.2 Å². The summed E-state index contributed by atoms with van der Waals surface area (Å²) in [6, 6.07) is 13.9. The van der Waals surface area contributed by atoms with Crippen LogP contribution in [0, 0.1) is 6.92 Å². The number of alkyl halides is 3. The van der Waals surface area contributed by atoms with Gasteiger partial charge in [-0.05, 0) is 60.0 Å². The van der Waals surface area contributed by atoms with Crippen molar-refractivity contribution in [2.75, 3.05) is 13.2 Å². The molecule has 3 aromatic rings. The Kier molecular flexibility index (Phi) is 7.31. The Morgan fingerprint density at radius 2 is 1.83 bits per heavy atom. The lowest BCUT2D eigenvalue weighted by atomic mass is 10.0. The van der Waals surface area contributed by atoms with Crippen molar-refractivity contribution >= 4 is 29.0 Å². The van der Waals surface area contributed by atoms with Gasteiger partial charge in [0.1, 0.15) is 23.9 Å². The molecule has 36 heavy (non-hydrogen) atoms. The standard InChI is InChI=1S/C27H24F3NO4S/c1-16(2)19-10-8-17(3)14-23(19)34-13-12-31-25(32)24(36-26(31)33)15-18-9-11-22(35-18)20-6-4-5-7-21(20)27(28,29)30/h4-11,14-16H,12-13H2,1-3H3/b24-15-. The van der Waals surface area contributed by atoms with Crippen LogP contribution in [-0.4, -0.2) is 29.2 Å². The van der Waals surface area contributed by atoms with Crippen LogP contribution in [0.25, 0.3) is 17.4 Å². The van der Waals surface area contributed by atoms with Crippen molar-refractivity contribution < 1.29 is 31.9 Å². The number of halogens is 3. The number of nitrogens with zero attached hydrogens (tertiary/aromatic N) is 1. The normalized spacial score (nSPS) is 15.4. The molecule has 0 N–H and O–H groups in total. The number of carbonyl (C=O) groups excluding carboxylic acids is 2. The number of carbonyl (C=O) groups is 2. The molecule has 1 aliphatic heterocycles. The molecule has 0 radical (unpaired) electrons. The fraction of sp³-hybridized carbons (Fsp3) is 0.259. The third-order valence-electron chi connectivity index (χ3n) is 5.64. The van der Waals surface area contributed by atoms with E-state index < -0.39 is 22.9 Å². The minimum absolute atomic E-state index is 0.0147. The van der Waals surface area contributed by atoms with Crippen LogP contribution in [0.5, 0.6) is 5.75 Å². The lowest BCUT2D eigenvalue weighted by Gasteiger charge is -2.17. The molecular formula is C27H24F3NO4S. The predicted octanol–water partition coefficient (Wildman–Crippen LogP) is 7.51. The second-order valence-electron chi connectivity index (χ2n) is 8.62. The minimum Gasteiger partial charge on any atom is -0.491 e. The molecule has 2 heterocycles. The van der Waals surface area contributed by atoms with E-state index in [0.29, 0.717) is 0 Å². The number of furan rings is 1. The van der Waals surface area contributed by atoms with Crippen LogP contribution >= 0.6 is 11.8 Å². The maximum absolute atomic E-state index is 13.3. The number of hydrogen-bond acceptors (Lipinski definition) is 5. The van der Waals surface area contributed by atoms with Gasteiger partial charge in [-0.15, -0.1) is 0 Å². The molecule has 1 fully saturated rings. The zero-order valence-electron chi connectivity index (χ0n) is 19.9. The first kappa shape index (κ1) is 25.6. The van der Waals surface area contributed by atoms with Crippen LogP contribution in [0.15, 0.2) is 63.9 Å². The SMILES string of the molecule is Cc1ccc(C(C)C)c(OCCN2C(=O)S/C(=C\c3ccc(-c4ccccc4C(F)(F)F)o3)C2=O)c1. The van der Waals surface area contributed by atoms with E-state index >= 15 is 0 Å². The summed E-state index contributed by atoms with van der Waals surface area (Å²) in [5.41, 5.74) is 1.15. The summed E-state index contributed by atoms with van der Waals surface area (Å²) in [5, 5.41) is -0.447. The minimum atomic E-state index is -4.54. The Bertz CT molecular complexity index is 1330. The summed E-state index contributed by atoms with van der Waals surface area (Å²) in [7, 11) is 0. The first-order valence-corrected chi connectivity index (χ1v) is 12.1. The van der Waals surface area contributed by atoms with E-state index in [1.807, 2.05) is 25.1 Å². The zero-order valence-corrected chi connectivity index (χ0v) is 20.7. The summed E-state index contributed by atoms with van der Waals surface area (Å²) in [6.45, 7) is 6.27. The molecule has 1 aromatic heterocycles. The van der Waals surface area contributed by atoms with Gasteiger partial charge in [0.05, 0.1) is 17.0 Å². The maximum atomic E-state index is 13.3. The van der Waals surface area contributed by atoms with Gasteiger partial charge in [0, 0.05) is 11.6 Å². The van der Waals surface area contributed by atoms with Crippen molar-refractivity contribution in [2.45, 2.75) is 32.9 Å². The highest BCUT2D eigenvalue weighted by Gasteiger charge is 2.36. The Morgan fingerprint density at radius 3 is 2.56 bits per heavy atom. The van der Waals surface area contributed by atoms with E-state index in [1.54, 1.807) is 0 Å². The molecule has 2 aromatic carbocycles. The summed E-state index contributed by atoms with van der Waals surface area (Å²) in [5.74, 6) is 0.651. The van der Waals surface area contributed by atoms with Gasteiger partial charge in [0.2, 0.25) is 0 Å². The van der Waals surface area contributed by atoms with Crippen LogP contribution in [0.3, 0.4) is 0 Å². The van der Waals surface area contributed by atoms with Crippen molar-refractivity contribution in [1.29, 1.82) is 0 Å². The Morgan fingerprint density at radius 1 is 1.08 bits per heavy atom. The van der Waals surface area contributed by atoms with E-state index in [4.69, 9.17) is 9.15 Å². The van der Waals surface area contributed by atoms with Gasteiger partial charge in [-0.1, -0.05) is 44.2 Å². The van der Waals surface area contributed by atoms with Gasteiger partial charge in [0.25, 0.3) is 11.1 Å². The van der Waals surface area contributed by atoms with Crippen LogP contribution in [-0.2, 0) is 11.0 Å². The van der Waals surface area contributed by atoms with Crippen LogP contribution in [0.4, 0.5) is 18.0 Å². The summed E-state index contributed by atoms with van der Waals surface area (Å²) in [4.78, 5) is 26.5. The molecule has 4 rings (SSSR count). The van der Waals surface area contributed by atoms with Gasteiger partial charge < -0.3 is 9.15 Å². The molecule has 0 spiro atoms. The van der Waals surface area contributed by atoms with E-state index in [-0.39, 0.29) is 41.1 Å². The molecule has 0 aliphatic carbocycles. The number of aryl methyl sites for hydroxylation is 1. The predicted molar refractivity (Wildman–Crippen MR) is 133 cm³/mol. The van der Waals surface area contributed by atoms with Gasteiger partial charge >= 0.3 is 6.18 Å². The first-order valence-electron chi connectivity index (χ1n) is 11.3. The maximum Gasteiger partial charge on any atom is 0.417 e. The summed E-state index contributed by atoms with van der Waals surface area (Å²) < 4.78 is 51.5. The fourth-order valence-electron chi connectivity index (χ4n) is 3.83. The van der Waals surface area contributed by atoms with Crippen molar-refractivity contribution in [3.63, 3.8) is 0 Å². The number of rotatable bonds is 7. The number of hydrogen-bond donors (Lipinski definition) is 0. The average molecular weight is 516 g/mol. The molecule has 9 heteroatoms. The first-order chi connectivity index (χ1) is 17.0. The van der Waals surface area contributed by atoms with Crippen LogP contribution in [0.2, 0.25) is 0 Å². The van der Waals surface area contributed by atoms with Crippen molar-refractivity contribution in [3.05, 3.63) is 82.0 Å². The Hall–Kier alpha value is -3.46. The topological polar surface area (TPSA) is 59.8 Å². The summed E-state index contributed by atoms with van der Waals surface area (Å²) >= 11 is 0.749. The molecule has 1 saturated heterocycles. The highest BCUT2D eigenvalue weighted by molar-refractivity contribution is 8.18. The fourth-order valence-corrected chi connectivity index (χ4v) is 4.68. The second kappa shape index (κ2) is 10.3. The lowest BCUT2D eigenvalue weighted by molar-refractivity contribution is -0.137. The molecule has 5 nitrogen and oxygen atoms in total. The molecule has 2 amide bonds. The molecule has 188 valence electrons. The van der Waals surface area contributed by atoms with E-state index in [9.17, 15) is 22.8 Å².